The molecule has 0 aliphatic carbocycles. The van der Waals surface area contributed by atoms with Crippen LogP contribution in [0.1, 0.15) is 31.9 Å². The topological polar surface area (TPSA) is 57.7 Å². The fourth-order valence-electron chi connectivity index (χ4n) is 2.78. The summed E-state index contributed by atoms with van der Waals surface area (Å²) in [5, 5.41) is 0. The van der Waals surface area contributed by atoms with Crippen LogP contribution in [0, 0.1) is 0 Å². The molecule has 1 aliphatic rings. The van der Waals surface area contributed by atoms with Crippen LogP contribution in [0.25, 0.3) is 0 Å². The monoisotopic (exact) mass is 324 g/mol. The van der Waals surface area contributed by atoms with E-state index in [1.807, 2.05) is 18.2 Å². The second kappa shape index (κ2) is 6.01. The molecule has 0 atom stereocenters. The Morgan fingerprint density at radius 1 is 1.23 bits per heavy atom. The summed E-state index contributed by atoms with van der Waals surface area (Å²) in [6.45, 7) is 6.48. The maximum atomic E-state index is 12.5. The summed E-state index contributed by atoms with van der Waals surface area (Å²) >= 11 is 0. The van der Waals surface area contributed by atoms with Gasteiger partial charge in [0.25, 0.3) is 0 Å². The van der Waals surface area contributed by atoms with Crippen molar-refractivity contribution in [1.82, 2.24) is 9.21 Å². The van der Waals surface area contributed by atoms with Gasteiger partial charge in [-0.2, -0.15) is 4.31 Å². The smallest absolute Gasteiger partial charge is 0.238 e. The van der Waals surface area contributed by atoms with Crippen molar-refractivity contribution in [3.05, 3.63) is 35.4 Å². The number of hydrogen-bond donors (Lipinski definition) is 0. The number of amides is 1. The molecule has 1 amide bonds. The summed E-state index contributed by atoms with van der Waals surface area (Å²) in [4.78, 5) is 14.3. The standard InChI is InChI=1S/C16H24N2O3S/c1-16(2,3)18(22(4,20)21)12-15(19)17-10-9-13-7-5-6-8-14(13)11-17/h5-8H,9-12H2,1-4H3. The molecule has 6 heteroatoms. The van der Waals surface area contributed by atoms with Crippen LogP contribution in [-0.4, -0.2) is 48.4 Å². The van der Waals surface area contributed by atoms with Gasteiger partial charge in [0.1, 0.15) is 0 Å². The predicted molar refractivity (Wildman–Crippen MR) is 86.9 cm³/mol. The largest absolute Gasteiger partial charge is 0.337 e. The van der Waals surface area contributed by atoms with E-state index in [0.29, 0.717) is 13.1 Å². The van der Waals surface area contributed by atoms with Crippen LogP contribution in [0.5, 0.6) is 0 Å². The molecule has 0 fully saturated rings. The zero-order valence-corrected chi connectivity index (χ0v) is 14.5. The molecule has 0 saturated heterocycles. The highest BCUT2D eigenvalue weighted by Crippen LogP contribution is 2.21. The Bertz CT molecular complexity index is 662. The Morgan fingerprint density at radius 2 is 1.82 bits per heavy atom. The SMILES string of the molecule is CC(C)(C)N(CC(=O)N1CCc2ccccc2C1)S(C)(=O)=O. The van der Waals surface area contributed by atoms with Gasteiger partial charge in [0.2, 0.25) is 15.9 Å². The second-order valence-electron chi connectivity index (χ2n) is 6.77. The normalized spacial score (nSPS) is 15.8. The Kier molecular flexibility index (Phi) is 4.63. The molecule has 0 aromatic heterocycles. The minimum Gasteiger partial charge on any atom is -0.337 e. The summed E-state index contributed by atoms with van der Waals surface area (Å²) in [6, 6.07) is 8.06. The highest BCUT2D eigenvalue weighted by atomic mass is 32.2. The summed E-state index contributed by atoms with van der Waals surface area (Å²) < 4.78 is 25.2. The Labute approximate surface area is 133 Å². The molecule has 0 saturated carbocycles. The molecule has 1 heterocycles. The Morgan fingerprint density at radius 3 is 2.36 bits per heavy atom. The summed E-state index contributed by atoms with van der Waals surface area (Å²) in [5.74, 6) is -0.144. The van der Waals surface area contributed by atoms with Crippen LogP contribution in [0.15, 0.2) is 24.3 Å². The maximum absolute atomic E-state index is 12.5. The van der Waals surface area contributed by atoms with E-state index in [4.69, 9.17) is 0 Å². The third kappa shape index (κ3) is 3.87. The van der Waals surface area contributed by atoms with E-state index in [1.54, 1.807) is 25.7 Å². The molecule has 1 aliphatic heterocycles. The lowest BCUT2D eigenvalue weighted by atomic mass is 10.00. The predicted octanol–water partition coefficient (Wildman–Crippen LogP) is 1.63. The van der Waals surface area contributed by atoms with E-state index in [0.717, 1.165) is 18.2 Å². The average Bonchev–Trinajstić information content (AvgIpc) is 2.41. The zero-order valence-electron chi connectivity index (χ0n) is 13.7. The average molecular weight is 324 g/mol. The number of hydrogen-bond acceptors (Lipinski definition) is 3. The van der Waals surface area contributed by atoms with Crippen molar-refractivity contribution in [3.8, 4) is 0 Å². The van der Waals surface area contributed by atoms with Gasteiger partial charge in [-0.25, -0.2) is 8.42 Å². The van der Waals surface area contributed by atoms with Crippen molar-refractivity contribution >= 4 is 15.9 Å². The first-order valence-corrected chi connectivity index (χ1v) is 9.26. The number of sulfonamides is 1. The molecule has 122 valence electrons. The highest BCUT2D eigenvalue weighted by molar-refractivity contribution is 7.88. The lowest BCUT2D eigenvalue weighted by Gasteiger charge is -2.35. The molecular formula is C16H24N2O3S. The fourth-order valence-corrected chi connectivity index (χ4v) is 4.12. The minimum absolute atomic E-state index is 0.107. The molecule has 0 unspecified atom stereocenters. The summed E-state index contributed by atoms with van der Waals surface area (Å²) in [7, 11) is -3.43. The van der Waals surface area contributed by atoms with Crippen LogP contribution in [0.3, 0.4) is 0 Å². The number of carbonyl (C=O) groups is 1. The quantitative estimate of drug-likeness (QED) is 0.849. The Hall–Kier alpha value is -1.40. The second-order valence-corrected chi connectivity index (χ2v) is 8.68. The van der Waals surface area contributed by atoms with Gasteiger partial charge in [-0.15, -0.1) is 0 Å². The van der Waals surface area contributed by atoms with Gasteiger partial charge in [0.05, 0.1) is 12.8 Å². The zero-order chi connectivity index (χ0) is 16.5. The number of benzene rings is 1. The van der Waals surface area contributed by atoms with E-state index in [-0.39, 0.29) is 12.5 Å². The molecule has 0 N–H and O–H groups in total. The number of carbonyl (C=O) groups excluding carboxylic acids is 1. The van der Waals surface area contributed by atoms with Crippen molar-refractivity contribution in [1.29, 1.82) is 0 Å². The van der Waals surface area contributed by atoms with Gasteiger partial charge in [-0.3, -0.25) is 4.79 Å². The Balaban J connectivity index is 2.13. The number of rotatable bonds is 3. The number of nitrogens with zero attached hydrogens (tertiary/aromatic N) is 2. The molecule has 5 nitrogen and oxygen atoms in total. The van der Waals surface area contributed by atoms with Crippen LogP contribution < -0.4 is 0 Å². The van der Waals surface area contributed by atoms with Gasteiger partial charge in [-0.1, -0.05) is 24.3 Å². The first-order valence-electron chi connectivity index (χ1n) is 7.41. The molecular weight excluding hydrogens is 300 g/mol. The van der Waals surface area contributed by atoms with Gasteiger partial charge in [-0.05, 0) is 38.3 Å². The lowest BCUT2D eigenvalue weighted by molar-refractivity contribution is -0.133. The molecule has 0 spiro atoms. The summed E-state index contributed by atoms with van der Waals surface area (Å²) in [5.41, 5.74) is 1.79. The van der Waals surface area contributed by atoms with Gasteiger partial charge < -0.3 is 4.90 Å². The van der Waals surface area contributed by atoms with Crippen molar-refractivity contribution in [3.63, 3.8) is 0 Å². The highest BCUT2D eigenvalue weighted by Gasteiger charge is 2.33. The third-order valence-corrected chi connectivity index (χ3v) is 5.39. The molecule has 1 aromatic carbocycles. The number of fused-ring (bicyclic) bond motifs is 1. The molecule has 1 aromatic rings. The van der Waals surface area contributed by atoms with E-state index in [2.05, 4.69) is 6.07 Å². The first kappa shape index (κ1) is 17.0. The molecule has 2 rings (SSSR count). The van der Waals surface area contributed by atoms with Gasteiger partial charge in [0.15, 0.2) is 0 Å². The van der Waals surface area contributed by atoms with Crippen LogP contribution >= 0.6 is 0 Å². The summed E-state index contributed by atoms with van der Waals surface area (Å²) in [6.07, 6.45) is 1.97. The lowest BCUT2D eigenvalue weighted by Crippen LogP contribution is -2.51. The van der Waals surface area contributed by atoms with Crippen LogP contribution in [0.2, 0.25) is 0 Å². The molecule has 22 heavy (non-hydrogen) atoms. The van der Waals surface area contributed by atoms with E-state index in [1.165, 1.54) is 9.87 Å². The van der Waals surface area contributed by atoms with Crippen molar-refractivity contribution < 1.29 is 13.2 Å². The van der Waals surface area contributed by atoms with Crippen molar-refractivity contribution in [2.45, 2.75) is 39.3 Å². The van der Waals surface area contributed by atoms with Gasteiger partial charge >= 0.3 is 0 Å². The van der Waals surface area contributed by atoms with Crippen LogP contribution in [0.4, 0.5) is 0 Å². The third-order valence-electron chi connectivity index (χ3n) is 3.91. The fraction of sp³-hybridized carbons (Fsp3) is 0.562. The van der Waals surface area contributed by atoms with E-state index >= 15 is 0 Å². The first-order chi connectivity index (χ1) is 10.1. The van der Waals surface area contributed by atoms with Crippen LogP contribution in [-0.2, 0) is 27.8 Å². The van der Waals surface area contributed by atoms with E-state index in [9.17, 15) is 13.2 Å². The van der Waals surface area contributed by atoms with Crippen molar-refractivity contribution in [2.24, 2.45) is 0 Å². The molecule has 0 radical (unpaired) electrons. The van der Waals surface area contributed by atoms with Crippen molar-refractivity contribution in [2.75, 3.05) is 19.3 Å². The molecule has 0 bridgehead atoms. The minimum atomic E-state index is -3.43. The maximum Gasteiger partial charge on any atom is 0.238 e. The van der Waals surface area contributed by atoms with Gasteiger partial charge in [0, 0.05) is 18.6 Å². The van der Waals surface area contributed by atoms with E-state index < -0.39 is 15.6 Å².